The molecule has 0 aliphatic carbocycles. The topological polar surface area (TPSA) is 82.3 Å². The maximum Gasteiger partial charge on any atom is 0.137 e. The lowest BCUT2D eigenvalue weighted by Crippen LogP contribution is -2.33. The minimum Gasteiger partial charge on any atom is -0.489 e. The zero-order valence-electron chi connectivity index (χ0n) is 12.4. The molecule has 0 aliphatic rings. The average molecular weight is 310 g/mol. The lowest BCUT2D eigenvalue weighted by molar-refractivity contribution is 0.106. The molecule has 0 amide bonds. The highest BCUT2D eigenvalue weighted by Gasteiger charge is 2.09. The van der Waals surface area contributed by atoms with Crippen LogP contribution in [0, 0.1) is 11.3 Å². The maximum atomic E-state index is 11.2. The Kier molecular flexibility index (Phi) is 7.98. The van der Waals surface area contributed by atoms with E-state index in [1.807, 2.05) is 13.0 Å². The average Bonchev–Trinajstić information content (AvgIpc) is 2.49. The maximum absolute atomic E-state index is 11.2. The van der Waals surface area contributed by atoms with Crippen molar-refractivity contribution in [2.24, 2.45) is 0 Å². The van der Waals surface area contributed by atoms with Crippen molar-refractivity contribution in [2.75, 3.05) is 26.0 Å². The monoisotopic (exact) mass is 310 g/mol. The number of nitrogens with zero attached hydrogens (tertiary/aromatic N) is 1. The van der Waals surface area contributed by atoms with Gasteiger partial charge in [-0.25, -0.2) is 0 Å². The minimum absolute atomic E-state index is 0.126. The third kappa shape index (κ3) is 6.71. The van der Waals surface area contributed by atoms with Crippen molar-refractivity contribution in [3.05, 3.63) is 29.8 Å². The fraction of sp³-hybridized carbons (Fsp3) is 0.533. The van der Waals surface area contributed by atoms with Gasteiger partial charge in [-0.3, -0.25) is 4.21 Å². The summed E-state index contributed by atoms with van der Waals surface area (Å²) in [4.78, 5) is 0. The molecule has 1 rings (SSSR count). The molecule has 3 unspecified atom stereocenters. The number of nitriles is 1. The number of ether oxygens (including phenoxy) is 1. The highest BCUT2D eigenvalue weighted by Crippen LogP contribution is 2.16. The molecule has 0 bridgehead atoms. The number of benzene rings is 1. The number of hydrogen-bond donors (Lipinski definition) is 2. The van der Waals surface area contributed by atoms with Gasteiger partial charge in [0.25, 0.3) is 0 Å². The zero-order chi connectivity index (χ0) is 15.7. The summed E-state index contributed by atoms with van der Waals surface area (Å²) in [6.45, 7) is 3.17. The van der Waals surface area contributed by atoms with Gasteiger partial charge in [0.2, 0.25) is 0 Å². The third-order valence-electron chi connectivity index (χ3n) is 3.11. The van der Waals surface area contributed by atoms with Crippen LogP contribution in [0.4, 0.5) is 0 Å². The largest absolute Gasteiger partial charge is 0.489 e. The molecule has 0 aromatic heterocycles. The zero-order valence-corrected chi connectivity index (χ0v) is 13.2. The quantitative estimate of drug-likeness (QED) is 0.666. The lowest BCUT2D eigenvalue weighted by atomic mass is 10.2. The summed E-state index contributed by atoms with van der Waals surface area (Å²) in [5.74, 6) is 0.481. The number of rotatable bonds is 9. The Morgan fingerprint density at radius 2 is 2.19 bits per heavy atom. The summed E-state index contributed by atoms with van der Waals surface area (Å²) in [5, 5.41) is 22.0. The van der Waals surface area contributed by atoms with E-state index in [9.17, 15) is 9.32 Å². The normalized spacial score (nSPS) is 15.0. The highest BCUT2D eigenvalue weighted by molar-refractivity contribution is 7.84. The predicted molar refractivity (Wildman–Crippen MR) is 83.7 cm³/mol. The Morgan fingerprint density at radius 1 is 1.48 bits per heavy atom. The molecule has 21 heavy (non-hydrogen) atoms. The third-order valence-corrected chi connectivity index (χ3v) is 4.48. The van der Waals surface area contributed by atoms with Crippen LogP contribution in [0.1, 0.15) is 18.9 Å². The number of para-hydroxylation sites is 1. The molecule has 0 saturated carbocycles. The summed E-state index contributed by atoms with van der Waals surface area (Å²) >= 11 is 0. The van der Waals surface area contributed by atoms with E-state index in [-0.39, 0.29) is 11.9 Å². The Hall–Kier alpha value is -1.42. The fourth-order valence-electron chi connectivity index (χ4n) is 1.67. The van der Waals surface area contributed by atoms with Crippen molar-refractivity contribution in [3.63, 3.8) is 0 Å². The molecule has 0 heterocycles. The van der Waals surface area contributed by atoms with Crippen molar-refractivity contribution in [2.45, 2.75) is 24.7 Å². The molecule has 116 valence electrons. The van der Waals surface area contributed by atoms with Gasteiger partial charge in [0.05, 0.1) is 5.56 Å². The second-order valence-corrected chi connectivity index (χ2v) is 6.68. The Bertz CT molecular complexity index is 502. The van der Waals surface area contributed by atoms with Gasteiger partial charge in [0.1, 0.15) is 24.5 Å². The summed E-state index contributed by atoms with van der Waals surface area (Å²) in [6.07, 6.45) is 1.84. The van der Waals surface area contributed by atoms with Crippen LogP contribution < -0.4 is 10.1 Å². The first kappa shape index (κ1) is 17.6. The van der Waals surface area contributed by atoms with E-state index in [2.05, 4.69) is 5.32 Å². The molecule has 0 spiro atoms. The standard InChI is InChI=1S/C15H22N2O3S/c1-12(21(2)19)7-8-17-10-14(18)11-20-15-6-4-3-5-13(15)9-16/h3-6,12,14,17-18H,7-8,10-11H2,1-2H3. The second-order valence-electron chi connectivity index (χ2n) is 4.87. The van der Waals surface area contributed by atoms with Crippen LogP contribution in [0.5, 0.6) is 5.75 Å². The molecule has 5 nitrogen and oxygen atoms in total. The van der Waals surface area contributed by atoms with E-state index < -0.39 is 16.9 Å². The van der Waals surface area contributed by atoms with Gasteiger partial charge in [-0.05, 0) is 25.1 Å². The lowest BCUT2D eigenvalue weighted by Gasteiger charge is -2.14. The Labute approximate surface area is 128 Å². The van der Waals surface area contributed by atoms with Crippen molar-refractivity contribution < 1.29 is 14.1 Å². The first-order chi connectivity index (χ1) is 10.0. The van der Waals surface area contributed by atoms with Gasteiger partial charge < -0.3 is 15.2 Å². The van der Waals surface area contributed by atoms with E-state index in [4.69, 9.17) is 10.00 Å². The molecule has 1 aromatic carbocycles. The highest BCUT2D eigenvalue weighted by atomic mass is 32.2. The van der Waals surface area contributed by atoms with E-state index in [0.717, 1.165) is 6.42 Å². The summed E-state index contributed by atoms with van der Waals surface area (Å²) in [5.41, 5.74) is 0.455. The van der Waals surface area contributed by atoms with Gasteiger partial charge in [0, 0.05) is 28.9 Å². The van der Waals surface area contributed by atoms with E-state index in [0.29, 0.717) is 24.4 Å². The molecular weight excluding hydrogens is 288 g/mol. The van der Waals surface area contributed by atoms with Gasteiger partial charge in [-0.1, -0.05) is 19.1 Å². The van der Waals surface area contributed by atoms with Crippen LogP contribution in [0.3, 0.4) is 0 Å². The first-order valence-corrected chi connectivity index (χ1v) is 8.49. The molecule has 2 N–H and O–H groups in total. The minimum atomic E-state index is -0.814. The van der Waals surface area contributed by atoms with Crippen LogP contribution in [0.15, 0.2) is 24.3 Å². The van der Waals surface area contributed by atoms with Crippen molar-refractivity contribution in [1.29, 1.82) is 5.26 Å². The smallest absolute Gasteiger partial charge is 0.137 e. The van der Waals surface area contributed by atoms with Crippen LogP contribution >= 0.6 is 0 Å². The summed E-state index contributed by atoms with van der Waals surface area (Å²) < 4.78 is 16.6. The van der Waals surface area contributed by atoms with Gasteiger partial charge in [-0.2, -0.15) is 5.26 Å². The molecule has 0 radical (unpaired) electrons. The number of aliphatic hydroxyl groups excluding tert-OH is 1. The molecular formula is C15H22N2O3S. The molecule has 0 saturated heterocycles. The number of hydrogen-bond acceptors (Lipinski definition) is 5. The van der Waals surface area contributed by atoms with E-state index in [1.165, 1.54) is 0 Å². The van der Waals surface area contributed by atoms with Crippen molar-refractivity contribution >= 4 is 10.8 Å². The molecule has 6 heteroatoms. The fourth-order valence-corrected chi connectivity index (χ4v) is 2.12. The Balaban J connectivity index is 2.24. The molecule has 1 aromatic rings. The molecule has 3 atom stereocenters. The van der Waals surface area contributed by atoms with Gasteiger partial charge in [0.15, 0.2) is 0 Å². The number of aliphatic hydroxyl groups is 1. The Morgan fingerprint density at radius 3 is 2.86 bits per heavy atom. The summed E-state index contributed by atoms with van der Waals surface area (Å²) in [6, 6.07) is 8.97. The molecule has 0 fully saturated rings. The molecule has 0 aliphatic heterocycles. The second kappa shape index (κ2) is 9.50. The van der Waals surface area contributed by atoms with E-state index in [1.54, 1.807) is 30.5 Å². The van der Waals surface area contributed by atoms with Gasteiger partial charge in [-0.15, -0.1) is 0 Å². The number of nitrogens with one attached hydrogen (secondary N) is 1. The van der Waals surface area contributed by atoms with Crippen LogP contribution in [0.25, 0.3) is 0 Å². The van der Waals surface area contributed by atoms with Crippen molar-refractivity contribution in [1.82, 2.24) is 5.32 Å². The predicted octanol–water partition coefficient (Wildman–Crippen LogP) is 1.04. The van der Waals surface area contributed by atoms with Crippen molar-refractivity contribution in [3.8, 4) is 11.8 Å². The summed E-state index contributed by atoms with van der Waals surface area (Å²) in [7, 11) is -0.814. The van der Waals surface area contributed by atoms with Gasteiger partial charge >= 0.3 is 0 Å². The van der Waals surface area contributed by atoms with Crippen LogP contribution in [-0.4, -0.2) is 46.6 Å². The van der Waals surface area contributed by atoms with E-state index >= 15 is 0 Å². The first-order valence-electron chi connectivity index (χ1n) is 6.87. The SMILES string of the molecule is CC(CCNCC(O)COc1ccccc1C#N)S(C)=O. The van der Waals surface area contributed by atoms with Crippen LogP contribution in [-0.2, 0) is 10.8 Å². The van der Waals surface area contributed by atoms with Crippen LogP contribution in [0.2, 0.25) is 0 Å².